The third-order valence-corrected chi connectivity index (χ3v) is 2.97. The molecule has 15 heavy (non-hydrogen) atoms. The maximum absolute atomic E-state index is 12.9. The lowest BCUT2D eigenvalue weighted by Crippen LogP contribution is -2.35. The first-order valence-corrected chi connectivity index (χ1v) is 5.63. The van der Waals surface area contributed by atoms with Gasteiger partial charge in [-0.2, -0.15) is 0 Å². The van der Waals surface area contributed by atoms with Crippen molar-refractivity contribution in [3.63, 3.8) is 0 Å². The maximum Gasteiger partial charge on any atom is 0.141 e. The molecule has 1 aromatic rings. The van der Waals surface area contributed by atoms with Crippen LogP contribution in [-0.2, 0) is 6.54 Å². The minimum Gasteiger partial charge on any atom is -0.298 e. The summed E-state index contributed by atoms with van der Waals surface area (Å²) < 4.78 is 12.9. The normalized spacial score (nSPS) is 22.9. The van der Waals surface area contributed by atoms with Crippen LogP contribution in [0.2, 0.25) is 0 Å². The van der Waals surface area contributed by atoms with Crippen LogP contribution in [0.1, 0.15) is 18.4 Å². The number of nitrogens with zero attached hydrogens (tertiary/aromatic N) is 2. The van der Waals surface area contributed by atoms with E-state index in [1.165, 1.54) is 12.3 Å². The summed E-state index contributed by atoms with van der Waals surface area (Å²) in [5, 5.41) is 0.236. The second-order valence-corrected chi connectivity index (χ2v) is 4.60. The Morgan fingerprint density at radius 3 is 3.13 bits per heavy atom. The topological polar surface area (TPSA) is 16.1 Å². The highest BCUT2D eigenvalue weighted by molar-refractivity contribution is 6.20. The predicted molar refractivity (Wildman–Crippen MR) is 58.3 cm³/mol. The molecule has 0 aliphatic carbocycles. The summed E-state index contributed by atoms with van der Waals surface area (Å²) in [6.45, 7) is 2.67. The zero-order chi connectivity index (χ0) is 10.7. The second-order valence-electron chi connectivity index (χ2n) is 3.99. The van der Waals surface area contributed by atoms with Gasteiger partial charge in [0.25, 0.3) is 0 Å². The predicted octanol–water partition coefficient (Wildman–Crippen LogP) is 2.42. The Morgan fingerprint density at radius 1 is 1.53 bits per heavy atom. The van der Waals surface area contributed by atoms with Crippen LogP contribution in [-0.4, -0.2) is 28.4 Å². The molecule has 1 aliphatic rings. The van der Waals surface area contributed by atoms with Gasteiger partial charge in [-0.3, -0.25) is 9.88 Å². The smallest absolute Gasteiger partial charge is 0.141 e. The van der Waals surface area contributed by atoms with Gasteiger partial charge in [0.2, 0.25) is 0 Å². The van der Waals surface area contributed by atoms with Crippen molar-refractivity contribution in [1.29, 1.82) is 0 Å². The molecule has 1 fully saturated rings. The Hall–Kier alpha value is -0.670. The Morgan fingerprint density at radius 2 is 2.40 bits per heavy atom. The molecule has 0 amide bonds. The van der Waals surface area contributed by atoms with Gasteiger partial charge in [0.05, 0.1) is 6.20 Å². The van der Waals surface area contributed by atoms with Crippen LogP contribution in [0.25, 0.3) is 0 Å². The summed E-state index contributed by atoms with van der Waals surface area (Å²) in [6.07, 6.45) is 5.14. The number of piperidine rings is 1. The molecule has 1 aromatic heterocycles. The molecular weight excluding hydrogens is 215 g/mol. The van der Waals surface area contributed by atoms with E-state index in [0.717, 1.165) is 38.0 Å². The number of hydrogen-bond acceptors (Lipinski definition) is 2. The van der Waals surface area contributed by atoms with Gasteiger partial charge in [0, 0.05) is 24.7 Å². The fourth-order valence-electron chi connectivity index (χ4n) is 1.94. The van der Waals surface area contributed by atoms with E-state index >= 15 is 0 Å². The zero-order valence-corrected chi connectivity index (χ0v) is 9.25. The van der Waals surface area contributed by atoms with Crippen molar-refractivity contribution < 1.29 is 4.39 Å². The number of likely N-dealkylation sites (tertiary alicyclic amines) is 1. The van der Waals surface area contributed by atoms with Crippen molar-refractivity contribution in [3.8, 4) is 0 Å². The largest absolute Gasteiger partial charge is 0.298 e. The van der Waals surface area contributed by atoms with E-state index in [-0.39, 0.29) is 11.2 Å². The average Bonchev–Trinajstić information content (AvgIpc) is 2.17. The van der Waals surface area contributed by atoms with Gasteiger partial charge < -0.3 is 0 Å². The van der Waals surface area contributed by atoms with Gasteiger partial charge in [0.1, 0.15) is 5.82 Å². The molecule has 0 spiro atoms. The van der Waals surface area contributed by atoms with E-state index in [4.69, 9.17) is 11.6 Å². The molecule has 0 radical (unpaired) electrons. The van der Waals surface area contributed by atoms with Crippen LogP contribution in [0.3, 0.4) is 0 Å². The molecule has 1 atom stereocenters. The van der Waals surface area contributed by atoms with Crippen molar-refractivity contribution in [2.24, 2.45) is 0 Å². The van der Waals surface area contributed by atoms with Gasteiger partial charge in [-0.05, 0) is 31.0 Å². The lowest BCUT2D eigenvalue weighted by atomic mass is 10.1. The van der Waals surface area contributed by atoms with Gasteiger partial charge in [0.15, 0.2) is 0 Å². The van der Waals surface area contributed by atoms with Crippen molar-refractivity contribution >= 4 is 11.6 Å². The highest BCUT2D eigenvalue weighted by Gasteiger charge is 2.17. The standard InChI is InChI=1S/C11H14ClFN2/c12-10-2-1-3-15(8-10)7-9-4-11(13)6-14-5-9/h4-6,10H,1-3,7-8H2. The van der Waals surface area contributed by atoms with Crippen LogP contribution < -0.4 is 0 Å². The van der Waals surface area contributed by atoms with Crippen molar-refractivity contribution in [2.45, 2.75) is 24.8 Å². The monoisotopic (exact) mass is 228 g/mol. The molecule has 1 unspecified atom stereocenters. The SMILES string of the molecule is Fc1cncc(CN2CCCC(Cl)C2)c1. The van der Waals surface area contributed by atoms with Crippen LogP contribution in [0.15, 0.2) is 18.5 Å². The molecule has 0 aromatic carbocycles. The number of rotatable bonds is 2. The summed E-state index contributed by atoms with van der Waals surface area (Å²) in [5.74, 6) is -0.271. The van der Waals surface area contributed by atoms with Gasteiger partial charge >= 0.3 is 0 Å². The second kappa shape index (κ2) is 4.90. The number of aromatic nitrogens is 1. The van der Waals surface area contributed by atoms with Crippen LogP contribution in [0.4, 0.5) is 4.39 Å². The van der Waals surface area contributed by atoms with E-state index in [2.05, 4.69) is 9.88 Å². The fraction of sp³-hybridized carbons (Fsp3) is 0.545. The molecule has 0 N–H and O–H groups in total. The summed E-state index contributed by atoms with van der Waals surface area (Å²) in [4.78, 5) is 6.08. The number of pyridine rings is 1. The van der Waals surface area contributed by atoms with E-state index in [1.54, 1.807) is 6.20 Å². The minimum absolute atomic E-state index is 0.236. The van der Waals surface area contributed by atoms with E-state index in [0.29, 0.717) is 0 Å². The maximum atomic E-state index is 12.9. The first-order chi connectivity index (χ1) is 7.24. The van der Waals surface area contributed by atoms with Gasteiger partial charge in [-0.25, -0.2) is 4.39 Å². The average molecular weight is 229 g/mol. The molecule has 2 nitrogen and oxygen atoms in total. The molecular formula is C11H14ClFN2. The molecule has 2 heterocycles. The molecule has 1 aliphatic heterocycles. The molecule has 0 bridgehead atoms. The highest BCUT2D eigenvalue weighted by atomic mass is 35.5. The first kappa shape index (κ1) is 10.8. The Labute approximate surface area is 94.1 Å². The van der Waals surface area contributed by atoms with Crippen molar-refractivity contribution in [3.05, 3.63) is 29.8 Å². The molecule has 2 rings (SSSR count). The number of hydrogen-bond donors (Lipinski definition) is 0. The Bertz CT molecular complexity index is 332. The molecule has 4 heteroatoms. The first-order valence-electron chi connectivity index (χ1n) is 5.20. The highest BCUT2D eigenvalue weighted by Crippen LogP contribution is 2.17. The number of halogens is 2. The number of alkyl halides is 1. The Kier molecular flexibility index (Phi) is 3.54. The van der Waals surface area contributed by atoms with E-state index in [1.807, 2.05) is 0 Å². The third kappa shape index (κ3) is 3.14. The minimum atomic E-state index is -0.271. The lowest BCUT2D eigenvalue weighted by molar-refractivity contribution is 0.223. The quantitative estimate of drug-likeness (QED) is 0.723. The van der Waals surface area contributed by atoms with E-state index < -0.39 is 0 Å². The van der Waals surface area contributed by atoms with Crippen LogP contribution in [0.5, 0.6) is 0 Å². The fourth-order valence-corrected chi connectivity index (χ4v) is 2.29. The Balaban J connectivity index is 1.96. The summed E-state index contributed by atoms with van der Waals surface area (Å²) >= 11 is 6.08. The molecule has 1 saturated heterocycles. The van der Waals surface area contributed by atoms with E-state index in [9.17, 15) is 4.39 Å². The molecule has 82 valence electrons. The van der Waals surface area contributed by atoms with Crippen molar-refractivity contribution in [2.75, 3.05) is 13.1 Å². The van der Waals surface area contributed by atoms with Crippen LogP contribution >= 0.6 is 11.6 Å². The lowest BCUT2D eigenvalue weighted by Gasteiger charge is -2.29. The summed E-state index contributed by atoms with van der Waals surface area (Å²) in [5.41, 5.74) is 0.917. The molecule has 0 saturated carbocycles. The van der Waals surface area contributed by atoms with Crippen LogP contribution in [0, 0.1) is 5.82 Å². The van der Waals surface area contributed by atoms with Gasteiger partial charge in [-0.15, -0.1) is 11.6 Å². The summed E-state index contributed by atoms with van der Waals surface area (Å²) in [7, 11) is 0. The summed E-state index contributed by atoms with van der Waals surface area (Å²) in [6, 6.07) is 1.53. The van der Waals surface area contributed by atoms with Gasteiger partial charge in [-0.1, -0.05) is 0 Å². The third-order valence-electron chi connectivity index (χ3n) is 2.62. The van der Waals surface area contributed by atoms with Crippen molar-refractivity contribution in [1.82, 2.24) is 9.88 Å². The zero-order valence-electron chi connectivity index (χ0n) is 8.50.